The van der Waals surface area contributed by atoms with E-state index in [-0.39, 0.29) is 23.8 Å². The van der Waals surface area contributed by atoms with Crippen LogP contribution in [0, 0.1) is 0 Å². The van der Waals surface area contributed by atoms with E-state index < -0.39 is 28.0 Å². The van der Waals surface area contributed by atoms with E-state index in [1.165, 1.54) is 31.4 Å². The van der Waals surface area contributed by atoms with Crippen LogP contribution in [-0.4, -0.2) is 48.9 Å². The Morgan fingerprint density at radius 3 is 2.43 bits per heavy atom. The van der Waals surface area contributed by atoms with Gasteiger partial charge in [-0.2, -0.15) is 4.31 Å². The number of ether oxygens (including phenoxy) is 1. The number of benzene rings is 3. The lowest BCUT2D eigenvalue weighted by atomic mass is 9.95. The molecule has 0 aromatic heterocycles. The molecule has 0 radical (unpaired) electrons. The van der Waals surface area contributed by atoms with E-state index in [1.54, 1.807) is 23.7 Å². The summed E-state index contributed by atoms with van der Waals surface area (Å²) in [5.41, 5.74) is 10.4. The van der Waals surface area contributed by atoms with Gasteiger partial charge in [0, 0.05) is 12.2 Å². The molecule has 5 N–H and O–H groups in total. The molecule has 0 unspecified atom stereocenters. The summed E-state index contributed by atoms with van der Waals surface area (Å²) in [6.07, 6.45) is 0.405. The molecule has 1 heterocycles. The first kappa shape index (κ1) is 26.3. The van der Waals surface area contributed by atoms with Gasteiger partial charge in [0.25, 0.3) is 5.91 Å². The summed E-state index contributed by atoms with van der Waals surface area (Å²) >= 11 is 0. The molecule has 3 aromatic rings. The van der Waals surface area contributed by atoms with Gasteiger partial charge in [-0.05, 0) is 65.9 Å². The van der Waals surface area contributed by atoms with E-state index in [2.05, 4.69) is 5.32 Å². The smallest absolute Gasteiger partial charge is 0.262 e. The molecule has 0 aliphatic carbocycles. The van der Waals surface area contributed by atoms with Gasteiger partial charge in [0.1, 0.15) is 11.8 Å². The van der Waals surface area contributed by atoms with E-state index >= 15 is 0 Å². The monoisotopic (exact) mass is 524 g/mol. The van der Waals surface area contributed by atoms with Crippen molar-refractivity contribution >= 4 is 27.5 Å². The molecule has 2 amide bonds. The van der Waals surface area contributed by atoms with Crippen LogP contribution in [0.2, 0.25) is 0 Å². The van der Waals surface area contributed by atoms with Crippen molar-refractivity contribution in [3.05, 3.63) is 89.5 Å². The van der Waals surface area contributed by atoms with Gasteiger partial charge in [0.2, 0.25) is 15.9 Å². The number of anilines is 1. The van der Waals surface area contributed by atoms with E-state index in [9.17, 15) is 23.2 Å². The fraction of sp³-hybridized carbons (Fsp3) is 0.231. The lowest BCUT2D eigenvalue weighted by Gasteiger charge is -2.34. The molecule has 1 aliphatic heterocycles. The standard InChI is InChI=1S/C26H28N4O6S/c1-36-21-9-11-22(12-10-21)37(34,35)30-16-19-14-20(8-7-18(19)15-24(30)26(32)29-33)28-25(31)23(27)13-17-5-3-2-4-6-17/h2-12,14,23-24,33H,13,15-16,27H2,1H3,(H,28,31)(H,29,32)/t23-,24+/m0/s1. The van der Waals surface area contributed by atoms with Crippen LogP contribution < -0.4 is 21.3 Å². The van der Waals surface area contributed by atoms with E-state index in [1.807, 2.05) is 30.3 Å². The van der Waals surface area contributed by atoms with E-state index in [0.29, 0.717) is 23.4 Å². The van der Waals surface area contributed by atoms with Gasteiger partial charge in [-0.3, -0.25) is 14.8 Å². The first-order valence-electron chi connectivity index (χ1n) is 11.5. The quantitative estimate of drug-likeness (QED) is 0.259. The van der Waals surface area contributed by atoms with Crippen molar-refractivity contribution in [2.24, 2.45) is 5.73 Å². The third-order valence-corrected chi connectivity index (χ3v) is 8.14. The Bertz CT molecular complexity index is 1380. The third-order valence-electron chi connectivity index (χ3n) is 6.27. The summed E-state index contributed by atoms with van der Waals surface area (Å²) in [4.78, 5) is 25.1. The second-order valence-corrected chi connectivity index (χ2v) is 10.6. The van der Waals surface area contributed by atoms with Crippen molar-refractivity contribution in [1.82, 2.24) is 9.79 Å². The van der Waals surface area contributed by atoms with Crippen LogP contribution in [0.15, 0.2) is 77.7 Å². The summed E-state index contributed by atoms with van der Waals surface area (Å²) in [5, 5.41) is 12.1. The number of hydroxylamine groups is 1. The Morgan fingerprint density at radius 1 is 1.08 bits per heavy atom. The number of nitrogens with one attached hydrogen (secondary N) is 2. The largest absolute Gasteiger partial charge is 0.497 e. The van der Waals surface area contributed by atoms with Gasteiger partial charge in [0.15, 0.2) is 0 Å². The van der Waals surface area contributed by atoms with Crippen molar-refractivity contribution in [2.45, 2.75) is 36.4 Å². The minimum atomic E-state index is -4.12. The molecular formula is C26H28N4O6S. The average Bonchev–Trinajstić information content (AvgIpc) is 2.92. The molecule has 0 saturated carbocycles. The molecule has 194 valence electrons. The highest BCUT2D eigenvalue weighted by Gasteiger charge is 2.39. The highest BCUT2D eigenvalue weighted by molar-refractivity contribution is 7.89. The van der Waals surface area contributed by atoms with Crippen LogP contribution in [0.1, 0.15) is 16.7 Å². The Labute approximate surface area is 215 Å². The molecule has 1 aliphatic rings. The van der Waals surface area contributed by atoms with Gasteiger partial charge >= 0.3 is 0 Å². The summed E-state index contributed by atoms with van der Waals surface area (Å²) in [5.74, 6) is -0.731. The fourth-order valence-corrected chi connectivity index (χ4v) is 5.83. The lowest BCUT2D eigenvalue weighted by molar-refractivity contribution is -0.133. The topological polar surface area (TPSA) is 151 Å². The molecule has 2 atom stereocenters. The molecule has 0 fully saturated rings. The van der Waals surface area contributed by atoms with Crippen LogP contribution in [-0.2, 0) is 39.0 Å². The minimum Gasteiger partial charge on any atom is -0.497 e. The zero-order chi connectivity index (χ0) is 26.6. The molecule has 11 heteroatoms. The Balaban J connectivity index is 1.57. The van der Waals surface area contributed by atoms with Crippen molar-refractivity contribution in [2.75, 3.05) is 12.4 Å². The molecule has 37 heavy (non-hydrogen) atoms. The molecule has 4 rings (SSSR count). The maximum Gasteiger partial charge on any atom is 0.262 e. The van der Waals surface area contributed by atoms with Crippen molar-refractivity contribution < 1.29 is 28.0 Å². The maximum absolute atomic E-state index is 13.5. The Morgan fingerprint density at radius 2 is 1.78 bits per heavy atom. The minimum absolute atomic E-state index is 0.0242. The number of amides is 2. The van der Waals surface area contributed by atoms with Crippen LogP contribution in [0.3, 0.4) is 0 Å². The number of carbonyl (C=O) groups excluding carboxylic acids is 2. The zero-order valence-electron chi connectivity index (χ0n) is 20.1. The van der Waals surface area contributed by atoms with Gasteiger partial charge < -0.3 is 15.8 Å². The highest BCUT2D eigenvalue weighted by Crippen LogP contribution is 2.31. The molecule has 10 nitrogen and oxygen atoms in total. The average molecular weight is 525 g/mol. The van der Waals surface area contributed by atoms with Gasteiger partial charge in [-0.25, -0.2) is 13.9 Å². The Hall–Kier alpha value is -3.77. The van der Waals surface area contributed by atoms with Crippen LogP contribution in [0.25, 0.3) is 0 Å². The van der Waals surface area contributed by atoms with Crippen molar-refractivity contribution in [1.29, 1.82) is 0 Å². The molecule has 0 spiro atoms. The fourth-order valence-electron chi connectivity index (χ4n) is 4.27. The first-order valence-corrected chi connectivity index (χ1v) is 13.0. The lowest BCUT2D eigenvalue weighted by Crippen LogP contribution is -2.51. The number of hydrogen-bond donors (Lipinski definition) is 4. The maximum atomic E-state index is 13.5. The van der Waals surface area contributed by atoms with Crippen LogP contribution in [0.5, 0.6) is 5.75 Å². The second-order valence-electron chi connectivity index (χ2n) is 8.69. The molecule has 0 bridgehead atoms. The summed E-state index contributed by atoms with van der Waals surface area (Å²) in [6, 6.07) is 18.4. The summed E-state index contributed by atoms with van der Waals surface area (Å²) < 4.78 is 33.1. The number of fused-ring (bicyclic) bond motifs is 1. The number of nitrogens with zero attached hydrogens (tertiary/aromatic N) is 1. The Kier molecular flexibility index (Phi) is 7.89. The zero-order valence-corrected chi connectivity index (χ0v) is 20.9. The van der Waals surface area contributed by atoms with Crippen LogP contribution in [0.4, 0.5) is 5.69 Å². The third kappa shape index (κ3) is 5.81. The van der Waals surface area contributed by atoms with Crippen molar-refractivity contribution in [3.63, 3.8) is 0 Å². The summed E-state index contributed by atoms with van der Waals surface area (Å²) in [6.45, 7) is -0.137. The number of rotatable bonds is 8. The van der Waals surface area contributed by atoms with Crippen LogP contribution >= 0.6 is 0 Å². The van der Waals surface area contributed by atoms with E-state index in [4.69, 9.17) is 10.5 Å². The van der Waals surface area contributed by atoms with Gasteiger partial charge in [0.05, 0.1) is 18.0 Å². The SMILES string of the molecule is COc1ccc(S(=O)(=O)N2Cc3cc(NC(=O)[C@@H](N)Cc4ccccc4)ccc3C[C@@H]2C(=O)NO)cc1. The summed E-state index contributed by atoms with van der Waals surface area (Å²) in [7, 11) is -2.65. The number of methoxy groups -OCH3 is 1. The molecule has 3 aromatic carbocycles. The molecular weight excluding hydrogens is 496 g/mol. The highest BCUT2D eigenvalue weighted by atomic mass is 32.2. The second kappa shape index (κ2) is 11.1. The number of carbonyl (C=O) groups is 2. The van der Waals surface area contributed by atoms with Crippen molar-refractivity contribution in [3.8, 4) is 5.75 Å². The normalized spacial score (nSPS) is 16.4. The predicted octanol–water partition coefficient (Wildman–Crippen LogP) is 1.82. The van der Waals surface area contributed by atoms with E-state index in [0.717, 1.165) is 15.4 Å². The first-order chi connectivity index (χ1) is 17.7. The van der Waals surface area contributed by atoms with Gasteiger partial charge in [-0.15, -0.1) is 0 Å². The number of nitrogens with two attached hydrogens (primary N) is 1. The van der Waals surface area contributed by atoms with Gasteiger partial charge in [-0.1, -0.05) is 36.4 Å². The molecule has 0 saturated heterocycles. The predicted molar refractivity (Wildman–Crippen MR) is 136 cm³/mol. The number of sulfonamides is 1. The number of hydrogen-bond acceptors (Lipinski definition) is 7.